The topological polar surface area (TPSA) is 74.8 Å². The van der Waals surface area contributed by atoms with Crippen molar-refractivity contribution < 1.29 is 14.3 Å². The van der Waals surface area contributed by atoms with Crippen LogP contribution in [0, 0.1) is 11.3 Å². The third-order valence-electron chi connectivity index (χ3n) is 6.71. The summed E-state index contributed by atoms with van der Waals surface area (Å²) >= 11 is 0. The van der Waals surface area contributed by atoms with Crippen LogP contribution in [0.1, 0.15) is 19.8 Å². The van der Waals surface area contributed by atoms with Gasteiger partial charge in [-0.05, 0) is 36.5 Å². The highest BCUT2D eigenvalue weighted by atomic mass is 16.6. The van der Waals surface area contributed by atoms with E-state index >= 15 is 0 Å². The summed E-state index contributed by atoms with van der Waals surface area (Å²) in [5.41, 5.74) is 2.93. The van der Waals surface area contributed by atoms with Crippen molar-refractivity contribution in [1.29, 1.82) is 0 Å². The molecule has 0 spiro atoms. The minimum absolute atomic E-state index is 0.0277. The van der Waals surface area contributed by atoms with E-state index in [2.05, 4.69) is 45.6 Å². The second-order valence-corrected chi connectivity index (χ2v) is 8.56. The molecule has 0 aromatic carbocycles. The molecule has 1 saturated carbocycles. The maximum absolute atomic E-state index is 12.3. The van der Waals surface area contributed by atoms with Crippen LogP contribution < -0.4 is 10.2 Å². The lowest BCUT2D eigenvalue weighted by Crippen LogP contribution is -2.38. The van der Waals surface area contributed by atoms with Gasteiger partial charge in [0.15, 0.2) is 0 Å². The monoisotopic (exact) mass is 394 g/mol. The van der Waals surface area contributed by atoms with Crippen LogP contribution in [0.4, 0.5) is 10.5 Å². The third kappa shape index (κ3) is 3.28. The van der Waals surface area contributed by atoms with E-state index in [4.69, 9.17) is 4.74 Å². The summed E-state index contributed by atoms with van der Waals surface area (Å²) in [6, 6.07) is 4.19. The Morgan fingerprint density at radius 2 is 2.17 bits per heavy atom. The SMILES string of the molecule is CC(=O)NC[C@H]1CN(C2C=CC(C34CC3CN(c3ccncc3)C4)=CC2)C(=O)O1. The van der Waals surface area contributed by atoms with Gasteiger partial charge in [0.1, 0.15) is 6.10 Å². The molecule has 4 atom stereocenters. The summed E-state index contributed by atoms with van der Waals surface area (Å²) in [5, 5.41) is 2.72. The standard InChI is InChI=1S/C22H26N4O3/c1-15(27)24-11-20-13-26(21(28)29-20)19-4-2-16(3-5-19)22-10-17(22)12-25(14-22)18-6-8-23-9-7-18/h2-4,6-9,17,19-20H,5,10-14H2,1H3,(H,24,27)/t17?,19?,20-,22?/m0/s1. The molecule has 4 aliphatic rings. The average Bonchev–Trinajstić information content (AvgIpc) is 3.10. The number of carbonyl (C=O) groups is 2. The van der Waals surface area contributed by atoms with Gasteiger partial charge in [-0.25, -0.2) is 4.79 Å². The van der Waals surface area contributed by atoms with E-state index in [1.807, 2.05) is 12.4 Å². The number of allylic oxidation sites excluding steroid dienone is 1. The van der Waals surface area contributed by atoms with Gasteiger partial charge in [0.2, 0.25) is 5.91 Å². The van der Waals surface area contributed by atoms with Gasteiger partial charge in [0.05, 0.1) is 19.1 Å². The Hall–Kier alpha value is -2.83. The Morgan fingerprint density at radius 3 is 2.90 bits per heavy atom. The number of amides is 2. The van der Waals surface area contributed by atoms with Crippen LogP contribution in [-0.4, -0.2) is 60.2 Å². The lowest BCUT2D eigenvalue weighted by Gasteiger charge is -2.28. The molecule has 7 nitrogen and oxygen atoms in total. The van der Waals surface area contributed by atoms with E-state index < -0.39 is 0 Å². The number of hydrogen-bond donors (Lipinski definition) is 1. The van der Waals surface area contributed by atoms with Gasteiger partial charge >= 0.3 is 6.09 Å². The van der Waals surface area contributed by atoms with E-state index in [0.717, 1.165) is 19.5 Å². The molecule has 7 heteroatoms. The molecule has 29 heavy (non-hydrogen) atoms. The molecule has 3 heterocycles. The van der Waals surface area contributed by atoms with Gasteiger partial charge in [-0.3, -0.25) is 14.7 Å². The lowest BCUT2D eigenvalue weighted by atomic mass is 9.88. The van der Waals surface area contributed by atoms with Gasteiger partial charge in [0, 0.05) is 43.5 Å². The molecule has 2 aliphatic heterocycles. The highest BCUT2D eigenvalue weighted by molar-refractivity contribution is 5.73. The van der Waals surface area contributed by atoms with Crippen molar-refractivity contribution in [3.05, 3.63) is 48.3 Å². The number of hydrogen-bond acceptors (Lipinski definition) is 5. The fourth-order valence-corrected chi connectivity index (χ4v) is 5.07. The van der Waals surface area contributed by atoms with E-state index in [1.54, 1.807) is 4.90 Å². The minimum Gasteiger partial charge on any atom is -0.442 e. The van der Waals surface area contributed by atoms with Crippen molar-refractivity contribution in [3.8, 4) is 0 Å². The predicted octanol–water partition coefficient (Wildman–Crippen LogP) is 2.12. The van der Waals surface area contributed by atoms with Crippen LogP contribution in [-0.2, 0) is 9.53 Å². The Morgan fingerprint density at radius 1 is 1.34 bits per heavy atom. The van der Waals surface area contributed by atoms with Gasteiger partial charge in [-0.1, -0.05) is 18.2 Å². The van der Waals surface area contributed by atoms with Crippen LogP contribution in [0.2, 0.25) is 0 Å². The second kappa shape index (κ2) is 6.90. The van der Waals surface area contributed by atoms with Crippen LogP contribution >= 0.6 is 0 Å². The summed E-state index contributed by atoms with van der Waals surface area (Å²) < 4.78 is 5.40. The molecular weight excluding hydrogens is 368 g/mol. The Bertz CT molecular complexity index is 883. The van der Waals surface area contributed by atoms with Crippen LogP contribution in [0.25, 0.3) is 0 Å². The molecule has 2 saturated heterocycles. The molecule has 3 unspecified atom stereocenters. The zero-order valence-electron chi connectivity index (χ0n) is 16.6. The maximum atomic E-state index is 12.3. The molecule has 2 amide bonds. The number of ether oxygens (including phenoxy) is 1. The summed E-state index contributed by atoms with van der Waals surface area (Å²) in [5.74, 6) is 0.599. The van der Waals surface area contributed by atoms with Crippen molar-refractivity contribution in [3.63, 3.8) is 0 Å². The number of carbonyl (C=O) groups excluding carboxylic acids is 2. The van der Waals surface area contributed by atoms with Gasteiger partial charge in [-0.15, -0.1) is 0 Å². The zero-order chi connectivity index (χ0) is 20.0. The largest absolute Gasteiger partial charge is 0.442 e. The Labute approximate surface area is 170 Å². The number of nitrogens with one attached hydrogen (secondary N) is 1. The molecule has 1 aromatic heterocycles. The van der Waals surface area contributed by atoms with Crippen molar-refractivity contribution in [2.45, 2.75) is 31.9 Å². The summed E-state index contributed by atoms with van der Waals surface area (Å²) in [4.78, 5) is 31.7. The van der Waals surface area contributed by atoms with Crippen LogP contribution in [0.15, 0.2) is 48.3 Å². The summed E-state index contributed by atoms with van der Waals surface area (Å²) in [6.07, 6.45) is 11.9. The van der Waals surface area contributed by atoms with Crippen LogP contribution in [0.3, 0.4) is 0 Å². The number of pyridine rings is 1. The average molecular weight is 394 g/mol. The molecule has 152 valence electrons. The zero-order valence-corrected chi connectivity index (χ0v) is 16.6. The molecule has 3 fully saturated rings. The van der Waals surface area contributed by atoms with E-state index in [0.29, 0.717) is 19.0 Å². The normalized spacial score (nSPS) is 32.7. The molecule has 1 aromatic rings. The quantitative estimate of drug-likeness (QED) is 0.828. The number of rotatable bonds is 5. The van der Waals surface area contributed by atoms with Crippen molar-refractivity contribution in [2.75, 3.05) is 31.1 Å². The van der Waals surface area contributed by atoms with Gasteiger partial charge < -0.3 is 15.0 Å². The predicted molar refractivity (Wildman–Crippen MR) is 108 cm³/mol. The first-order valence-corrected chi connectivity index (χ1v) is 10.3. The first kappa shape index (κ1) is 18.2. The maximum Gasteiger partial charge on any atom is 0.410 e. The number of piperidine rings is 1. The van der Waals surface area contributed by atoms with E-state index in [9.17, 15) is 9.59 Å². The van der Waals surface area contributed by atoms with Crippen LogP contribution in [0.5, 0.6) is 0 Å². The fraction of sp³-hybridized carbons (Fsp3) is 0.500. The fourth-order valence-electron chi connectivity index (χ4n) is 5.07. The van der Waals surface area contributed by atoms with Gasteiger partial charge in [-0.2, -0.15) is 0 Å². The highest BCUT2D eigenvalue weighted by Crippen LogP contribution is 2.63. The second-order valence-electron chi connectivity index (χ2n) is 8.56. The smallest absolute Gasteiger partial charge is 0.410 e. The summed E-state index contributed by atoms with van der Waals surface area (Å²) in [6.45, 7) is 4.49. The summed E-state index contributed by atoms with van der Waals surface area (Å²) in [7, 11) is 0. The molecule has 0 bridgehead atoms. The molecule has 0 radical (unpaired) electrons. The number of aromatic nitrogens is 1. The van der Waals surface area contributed by atoms with E-state index in [1.165, 1.54) is 24.6 Å². The van der Waals surface area contributed by atoms with Crippen molar-refractivity contribution in [2.24, 2.45) is 11.3 Å². The first-order valence-electron chi connectivity index (χ1n) is 10.3. The van der Waals surface area contributed by atoms with Crippen molar-refractivity contribution in [1.82, 2.24) is 15.2 Å². The number of nitrogens with zero attached hydrogens (tertiary/aromatic N) is 3. The highest BCUT2D eigenvalue weighted by Gasteiger charge is 2.61. The number of fused-ring (bicyclic) bond motifs is 1. The Kier molecular flexibility index (Phi) is 4.33. The van der Waals surface area contributed by atoms with Crippen molar-refractivity contribution >= 4 is 17.7 Å². The van der Waals surface area contributed by atoms with E-state index in [-0.39, 0.29) is 29.6 Å². The molecule has 5 rings (SSSR count). The first-order chi connectivity index (χ1) is 14.0. The minimum atomic E-state index is -0.293. The molecular formula is C22H26N4O3. The Balaban J connectivity index is 1.21. The molecule has 2 aliphatic carbocycles. The number of cyclic esters (lactones) is 1. The number of anilines is 1. The van der Waals surface area contributed by atoms with Gasteiger partial charge in [0.25, 0.3) is 0 Å². The third-order valence-corrected chi connectivity index (χ3v) is 6.71. The molecule has 1 N–H and O–H groups in total. The lowest BCUT2D eigenvalue weighted by molar-refractivity contribution is -0.119.